The van der Waals surface area contributed by atoms with E-state index in [4.69, 9.17) is 8.83 Å². The minimum atomic E-state index is 0.437. The number of nitrogens with zero attached hydrogens (tertiary/aromatic N) is 5. The van der Waals surface area contributed by atoms with Gasteiger partial charge in [-0.3, -0.25) is 0 Å². The summed E-state index contributed by atoms with van der Waals surface area (Å²) in [6, 6.07) is 18.8. The number of aryl methyl sites for hydroxylation is 1. The lowest BCUT2D eigenvalue weighted by atomic mass is 10.2. The van der Waals surface area contributed by atoms with Gasteiger partial charge in [0.15, 0.2) is 0 Å². The zero-order valence-corrected chi connectivity index (χ0v) is 18.7. The first-order valence-corrected chi connectivity index (χ1v) is 10.9. The molecule has 3 heterocycles. The van der Waals surface area contributed by atoms with Gasteiger partial charge in [0, 0.05) is 35.9 Å². The molecule has 1 aliphatic heterocycles. The van der Waals surface area contributed by atoms with Gasteiger partial charge in [0.25, 0.3) is 0 Å². The number of oxazole rings is 1. The first-order valence-electron chi connectivity index (χ1n) is 10.9. The fraction of sp³-hybridized carbons (Fsp3) is 0.320. The predicted octanol–water partition coefficient (Wildman–Crippen LogP) is 4.43. The van der Waals surface area contributed by atoms with Crippen LogP contribution in [-0.2, 0) is 6.42 Å². The van der Waals surface area contributed by atoms with Crippen LogP contribution in [0, 0.1) is 6.92 Å². The second-order valence-electron chi connectivity index (χ2n) is 8.46. The van der Waals surface area contributed by atoms with Crippen LogP contribution in [0.3, 0.4) is 0 Å². The van der Waals surface area contributed by atoms with Crippen LogP contribution in [0.15, 0.2) is 63.4 Å². The maximum atomic E-state index is 5.93. The zero-order valence-electron chi connectivity index (χ0n) is 18.7. The fourth-order valence-electron chi connectivity index (χ4n) is 4.09. The van der Waals surface area contributed by atoms with Crippen LogP contribution in [-0.4, -0.2) is 53.3 Å². The number of aromatic nitrogens is 3. The van der Waals surface area contributed by atoms with Gasteiger partial charge < -0.3 is 18.6 Å². The van der Waals surface area contributed by atoms with E-state index in [1.54, 1.807) is 0 Å². The average molecular weight is 430 g/mol. The zero-order chi connectivity index (χ0) is 22.1. The summed E-state index contributed by atoms with van der Waals surface area (Å²) in [6.45, 7) is 4.04. The number of benzene rings is 2. The summed E-state index contributed by atoms with van der Waals surface area (Å²) in [7, 11) is 4.29. The molecule has 0 spiro atoms. The quantitative estimate of drug-likeness (QED) is 0.449. The summed E-state index contributed by atoms with van der Waals surface area (Å²) in [6.07, 6.45) is 1.63. The summed E-state index contributed by atoms with van der Waals surface area (Å²) >= 11 is 0. The van der Waals surface area contributed by atoms with Crippen molar-refractivity contribution in [3.8, 4) is 22.9 Å². The van der Waals surface area contributed by atoms with Gasteiger partial charge >= 0.3 is 0 Å². The molecule has 4 aromatic rings. The van der Waals surface area contributed by atoms with E-state index in [-0.39, 0.29) is 0 Å². The molecule has 0 aliphatic carbocycles. The molecule has 32 heavy (non-hydrogen) atoms. The molecule has 164 valence electrons. The summed E-state index contributed by atoms with van der Waals surface area (Å²) in [5, 5.41) is 8.47. The van der Waals surface area contributed by atoms with E-state index in [0.29, 0.717) is 30.1 Å². The molecule has 1 unspecified atom stereocenters. The van der Waals surface area contributed by atoms with Gasteiger partial charge in [0.1, 0.15) is 5.76 Å². The molecule has 7 nitrogen and oxygen atoms in total. The smallest absolute Gasteiger partial charge is 0.247 e. The lowest BCUT2D eigenvalue weighted by Gasteiger charge is -2.21. The average Bonchev–Trinajstić information content (AvgIpc) is 3.56. The van der Waals surface area contributed by atoms with Crippen LogP contribution in [0.25, 0.3) is 22.9 Å². The number of hydrogen-bond acceptors (Lipinski definition) is 7. The van der Waals surface area contributed by atoms with E-state index in [0.717, 1.165) is 35.7 Å². The monoisotopic (exact) mass is 429 g/mol. The van der Waals surface area contributed by atoms with Crippen molar-refractivity contribution >= 4 is 5.69 Å². The van der Waals surface area contributed by atoms with Crippen molar-refractivity contribution in [1.29, 1.82) is 0 Å². The molecule has 0 N–H and O–H groups in total. The third-order valence-corrected chi connectivity index (χ3v) is 6.07. The van der Waals surface area contributed by atoms with Crippen LogP contribution < -0.4 is 4.90 Å². The lowest BCUT2D eigenvalue weighted by Crippen LogP contribution is -2.31. The van der Waals surface area contributed by atoms with Crippen molar-refractivity contribution < 1.29 is 8.83 Å². The minimum Gasteiger partial charge on any atom is -0.441 e. The van der Waals surface area contributed by atoms with Crippen molar-refractivity contribution in [1.82, 2.24) is 20.1 Å². The molecule has 1 saturated heterocycles. The number of anilines is 1. The Bertz CT molecular complexity index is 1180. The highest BCUT2D eigenvalue weighted by Crippen LogP contribution is 2.27. The second kappa shape index (κ2) is 8.59. The van der Waals surface area contributed by atoms with Crippen molar-refractivity contribution in [3.63, 3.8) is 0 Å². The Morgan fingerprint density at radius 1 is 0.938 bits per heavy atom. The molecule has 0 bridgehead atoms. The minimum absolute atomic E-state index is 0.437. The molecule has 0 saturated carbocycles. The standard InChI is InChI=1S/C25H27N5O2/c1-17-22(26-24(31-17)18-7-5-4-6-8-18)15-23-27-28-25(32-23)19-9-11-20(12-10-19)30-14-13-21(16-30)29(2)3/h4-12,21H,13-16H2,1-3H3. The van der Waals surface area contributed by atoms with Crippen LogP contribution in [0.5, 0.6) is 0 Å². The Kier molecular flexibility index (Phi) is 5.49. The normalized spacial score (nSPS) is 16.2. The van der Waals surface area contributed by atoms with Crippen LogP contribution in [0.4, 0.5) is 5.69 Å². The third kappa shape index (κ3) is 4.16. The van der Waals surface area contributed by atoms with E-state index >= 15 is 0 Å². The Labute approximate surface area is 187 Å². The number of likely N-dealkylation sites (N-methyl/N-ethyl adjacent to an activating group) is 1. The molecule has 1 fully saturated rings. The van der Waals surface area contributed by atoms with Gasteiger partial charge in [-0.15, -0.1) is 10.2 Å². The predicted molar refractivity (Wildman–Crippen MR) is 124 cm³/mol. The topological polar surface area (TPSA) is 71.4 Å². The van der Waals surface area contributed by atoms with Crippen LogP contribution in [0.2, 0.25) is 0 Å². The molecule has 2 aromatic heterocycles. The summed E-state index contributed by atoms with van der Waals surface area (Å²) < 4.78 is 11.8. The molecule has 5 rings (SSSR count). The van der Waals surface area contributed by atoms with Gasteiger partial charge in [-0.1, -0.05) is 18.2 Å². The first-order chi connectivity index (χ1) is 15.6. The maximum Gasteiger partial charge on any atom is 0.247 e. The highest BCUT2D eigenvalue weighted by molar-refractivity contribution is 5.59. The Morgan fingerprint density at radius 3 is 2.41 bits per heavy atom. The van der Waals surface area contributed by atoms with Gasteiger partial charge in [0.2, 0.25) is 17.7 Å². The van der Waals surface area contributed by atoms with E-state index in [9.17, 15) is 0 Å². The summed E-state index contributed by atoms with van der Waals surface area (Å²) in [5.74, 6) is 2.40. The number of hydrogen-bond donors (Lipinski definition) is 0. The second-order valence-corrected chi connectivity index (χ2v) is 8.46. The van der Waals surface area contributed by atoms with E-state index < -0.39 is 0 Å². The fourth-order valence-corrected chi connectivity index (χ4v) is 4.09. The van der Waals surface area contributed by atoms with E-state index in [1.165, 1.54) is 12.1 Å². The molecular formula is C25H27N5O2. The first kappa shape index (κ1) is 20.5. The van der Waals surface area contributed by atoms with E-state index in [1.807, 2.05) is 49.4 Å². The Balaban J connectivity index is 1.28. The Hall–Kier alpha value is -3.45. The molecule has 1 aliphatic rings. The molecule has 0 amide bonds. The van der Waals surface area contributed by atoms with Crippen LogP contribution in [0.1, 0.15) is 23.8 Å². The Morgan fingerprint density at radius 2 is 1.69 bits per heavy atom. The largest absolute Gasteiger partial charge is 0.441 e. The van der Waals surface area contributed by atoms with Crippen molar-refractivity contribution in [2.24, 2.45) is 0 Å². The highest BCUT2D eigenvalue weighted by Gasteiger charge is 2.24. The molecule has 2 aromatic carbocycles. The summed E-state index contributed by atoms with van der Waals surface area (Å²) in [4.78, 5) is 9.35. The molecule has 7 heteroatoms. The number of rotatable bonds is 6. The SMILES string of the molecule is Cc1oc(-c2ccccc2)nc1Cc1nnc(-c2ccc(N3CCC(N(C)C)C3)cc2)o1. The third-order valence-electron chi connectivity index (χ3n) is 6.07. The lowest BCUT2D eigenvalue weighted by molar-refractivity contribution is 0.315. The van der Waals surface area contributed by atoms with Gasteiger partial charge in [-0.2, -0.15) is 0 Å². The molecule has 1 atom stereocenters. The van der Waals surface area contributed by atoms with Gasteiger partial charge in [0.05, 0.1) is 12.1 Å². The highest BCUT2D eigenvalue weighted by atomic mass is 16.4. The van der Waals surface area contributed by atoms with Crippen molar-refractivity contribution in [2.75, 3.05) is 32.1 Å². The summed E-state index contributed by atoms with van der Waals surface area (Å²) in [5.41, 5.74) is 3.89. The van der Waals surface area contributed by atoms with E-state index in [2.05, 4.69) is 51.2 Å². The molecular weight excluding hydrogens is 402 g/mol. The van der Waals surface area contributed by atoms with Gasteiger partial charge in [-0.25, -0.2) is 4.98 Å². The molecule has 0 radical (unpaired) electrons. The maximum absolute atomic E-state index is 5.93. The van der Waals surface area contributed by atoms with Crippen LogP contribution >= 0.6 is 0 Å². The van der Waals surface area contributed by atoms with Crippen molar-refractivity contribution in [3.05, 3.63) is 71.9 Å². The van der Waals surface area contributed by atoms with Gasteiger partial charge in [-0.05, 0) is 63.8 Å². The van der Waals surface area contributed by atoms with Crippen molar-refractivity contribution in [2.45, 2.75) is 25.8 Å².